The van der Waals surface area contributed by atoms with E-state index in [9.17, 15) is 4.79 Å². The summed E-state index contributed by atoms with van der Waals surface area (Å²) in [5.41, 5.74) is 1.73. The standard InChI is InChI=1S/C15H14N4O/c1-19(9-7-13-4-2-3-8-17-13)15(20)12-5-6-14(10-16)18-11-12/h2-6,8,11H,7,9H2,1H3. The van der Waals surface area contributed by atoms with Crippen LogP contribution < -0.4 is 0 Å². The summed E-state index contributed by atoms with van der Waals surface area (Å²) in [5, 5.41) is 8.67. The minimum atomic E-state index is -0.113. The van der Waals surface area contributed by atoms with Crippen molar-refractivity contribution < 1.29 is 4.79 Å². The van der Waals surface area contributed by atoms with Gasteiger partial charge in [0.1, 0.15) is 11.8 Å². The molecular formula is C15H14N4O. The van der Waals surface area contributed by atoms with Crippen molar-refractivity contribution in [3.05, 3.63) is 59.7 Å². The van der Waals surface area contributed by atoms with Crippen LogP contribution >= 0.6 is 0 Å². The third-order valence-corrected chi connectivity index (χ3v) is 2.90. The van der Waals surface area contributed by atoms with E-state index < -0.39 is 0 Å². The molecule has 0 spiro atoms. The highest BCUT2D eigenvalue weighted by atomic mass is 16.2. The second kappa shape index (κ2) is 6.43. The highest BCUT2D eigenvalue weighted by Gasteiger charge is 2.12. The van der Waals surface area contributed by atoms with Crippen LogP contribution in [-0.4, -0.2) is 34.4 Å². The maximum atomic E-state index is 12.1. The highest BCUT2D eigenvalue weighted by molar-refractivity contribution is 5.93. The molecule has 0 radical (unpaired) electrons. The Morgan fingerprint density at radius 2 is 2.15 bits per heavy atom. The van der Waals surface area contributed by atoms with Gasteiger partial charge in [-0.1, -0.05) is 6.07 Å². The SMILES string of the molecule is CN(CCc1ccccn1)C(=O)c1ccc(C#N)nc1. The summed E-state index contributed by atoms with van der Waals surface area (Å²) in [6, 6.07) is 10.8. The molecule has 100 valence electrons. The molecule has 0 fully saturated rings. The second-order valence-corrected chi connectivity index (χ2v) is 4.34. The number of hydrogen-bond acceptors (Lipinski definition) is 4. The predicted octanol–water partition coefficient (Wildman–Crippen LogP) is 1.66. The van der Waals surface area contributed by atoms with Crippen molar-refractivity contribution >= 4 is 5.91 Å². The largest absolute Gasteiger partial charge is 0.341 e. The maximum absolute atomic E-state index is 12.1. The number of carbonyl (C=O) groups is 1. The van der Waals surface area contributed by atoms with E-state index in [1.807, 2.05) is 24.3 Å². The molecule has 0 saturated heterocycles. The Balaban J connectivity index is 1.96. The second-order valence-electron chi connectivity index (χ2n) is 4.34. The van der Waals surface area contributed by atoms with E-state index in [-0.39, 0.29) is 5.91 Å². The molecule has 5 heteroatoms. The number of likely N-dealkylation sites (N-methyl/N-ethyl adjacent to an activating group) is 1. The van der Waals surface area contributed by atoms with Gasteiger partial charge in [0.15, 0.2) is 0 Å². The van der Waals surface area contributed by atoms with Gasteiger partial charge < -0.3 is 4.90 Å². The number of nitriles is 1. The number of carbonyl (C=O) groups excluding carboxylic acids is 1. The van der Waals surface area contributed by atoms with E-state index in [0.717, 1.165) is 5.69 Å². The van der Waals surface area contributed by atoms with E-state index >= 15 is 0 Å². The molecule has 0 bridgehead atoms. The highest BCUT2D eigenvalue weighted by Crippen LogP contribution is 2.05. The molecule has 2 heterocycles. The molecule has 0 unspecified atom stereocenters. The summed E-state index contributed by atoms with van der Waals surface area (Å²) in [7, 11) is 1.74. The Hall–Kier alpha value is -2.74. The molecule has 0 saturated carbocycles. The zero-order valence-corrected chi connectivity index (χ0v) is 11.2. The zero-order valence-electron chi connectivity index (χ0n) is 11.2. The summed E-state index contributed by atoms with van der Waals surface area (Å²) >= 11 is 0. The lowest BCUT2D eigenvalue weighted by Gasteiger charge is -2.16. The van der Waals surface area contributed by atoms with Crippen LogP contribution in [-0.2, 0) is 6.42 Å². The van der Waals surface area contributed by atoms with Crippen LogP contribution in [0.4, 0.5) is 0 Å². The van der Waals surface area contributed by atoms with Gasteiger partial charge in [-0.05, 0) is 24.3 Å². The number of hydrogen-bond donors (Lipinski definition) is 0. The van der Waals surface area contributed by atoms with Crippen molar-refractivity contribution in [3.63, 3.8) is 0 Å². The number of amides is 1. The monoisotopic (exact) mass is 266 g/mol. The van der Waals surface area contributed by atoms with Crippen LogP contribution in [0, 0.1) is 11.3 Å². The number of aromatic nitrogens is 2. The quantitative estimate of drug-likeness (QED) is 0.844. The van der Waals surface area contributed by atoms with Gasteiger partial charge in [0, 0.05) is 38.1 Å². The number of nitrogens with zero attached hydrogens (tertiary/aromatic N) is 4. The molecule has 20 heavy (non-hydrogen) atoms. The summed E-state index contributed by atoms with van der Waals surface area (Å²) in [6.07, 6.45) is 3.87. The Labute approximate surface area is 117 Å². The van der Waals surface area contributed by atoms with Gasteiger partial charge >= 0.3 is 0 Å². The number of pyridine rings is 2. The van der Waals surface area contributed by atoms with Crippen LogP contribution in [0.15, 0.2) is 42.7 Å². The Morgan fingerprint density at radius 3 is 2.75 bits per heavy atom. The van der Waals surface area contributed by atoms with Crippen LogP contribution in [0.25, 0.3) is 0 Å². The first kappa shape index (κ1) is 13.7. The van der Waals surface area contributed by atoms with Gasteiger partial charge in [-0.25, -0.2) is 4.98 Å². The molecule has 0 N–H and O–H groups in total. The lowest BCUT2D eigenvalue weighted by Crippen LogP contribution is -2.29. The fourth-order valence-corrected chi connectivity index (χ4v) is 1.74. The van der Waals surface area contributed by atoms with E-state index in [0.29, 0.717) is 24.2 Å². The summed E-state index contributed by atoms with van der Waals surface area (Å²) in [5.74, 6) is -0.113. The van der Waals surface area contributed by atoms with E-state index in [1.165, 1.54) is 6.20 Å². The lowest BCUT2D eigenvalue weighted by atomic mass is 10.2. The molecule has 0 atom stereocenters. The average molecular weight is 266 g/mol. The number of rotatable bonds is 4. The van der Waals surface area contributed by atoms with E-state index in [4.69, 9.17) is 5.26 Å². The van der Waals surface area contributed by atoms with Crippen molar-refractivity contribution in [1.29, 1.82) is 5.26 Å². The molecule has 2 aromatic rings. The predicted molar refractivity (Wildman–Crippen MR) is 73.9 cm³/mol. The third kappa shape index (κ3) is 3.39. The minimum Gasteiger partial charge on any atom is -0.341 e. The van der Waals surface area contributed by atoms with Gasteiger partial charge in [-0.2, -0.15) is 5.26 Å². The van der Waals surface area contributed by atoms with Crippen molar-refractivity contribution in [2.45, 2.75) is 6.42 Å². The molecule has 0 aliphatic carbocycles. The zero-order chi connectivity index (χ0) is 14.4. The first-order chi connectivity index (χ1) is 9.70. The molecule has 5 nitrogen and oxygen atoms in total. The molecule has 0 aliphatic rings. The maximum Gasteiger partial charge on any atom is 0.255 e. The van der Waals surface area contributed by atoms with E-state index in [1.54, 1.807) is 30.3 Å². The van der Waals surface area contributed by atoms with Gasteiger partial charge in [0.2, 0.25) is 0 Å². The lowest BCUT2D eigenvalue weighted by molar-refractivity contribution is 0.0796. The Morgan fingerprint density at radius 1 is 1.30 bits per heavy atom. The fraction of sp³-hybridized carbons (Fsp3) is 0.200. The molecular weight excluding hydrogens is 252 g/mol. The third-order valence-electron chi connectivity index (χ3n) is 2.90. The summed E-state index contributed by atoms with van der Waals surface area (Å²) in [6.45, 7) is 0.579. The van der Waals surface area contributed by atoms with Crippen molar-refractivity contribution in [2.24, 2.45) is 0 Å². The molecule has 1 amide bonds. The molecule has 0 aliphatic heterocycles. The van der Waals surface area contributed by atoms with Crippen LogP contribution in [0.2, 0.25) is 0 Å². The summed E-state index contributed by atoms with van der Waals surface area (Å²) < 4.78 is 0. The van der Waals surface area contributed by atoms with E-state index in [2.05, 4.69) is 9.97 Å². The first-order valence-corrected chi connectivity index (χ1v) is 6.22. The van der Waals surface area contributed by atoms with Crippen LogP contribution in [0.5, 0.6) is 0 Å². The topological polar surface area (TPSA) is 69.9 Å². The van der Waals surface area contributed by atoms with Crippen molar-refractivity contribution in [3.8, 4) is 6.07 Å². The van der Waals surface area contributed by atoms with Crippen molar-refractivity contribution in [2.75, 3.05) is 13.6 Å². The molecule has 2 aromatic heterocycles. The minimum absolute atomic E-state index is 0.113. The normalized spacial score (nSPS) is 9.80. The fourth-order valence-electron chi connectivity index (χ4n) is 1.74. The van der Waals surface area contributed by atoms with Crippen LogP contribution in [0.3, 0.4) is 0 Å². The van der Waals surface area contributed by atoms with Crippen LogP contribution in [0.1, 0.15) is 21.7 Å². The van der Waals surface area contributed by atoms with Gasteiger partial charge in [-0.3, -0.25) is 9.78 Å². The van der Waals surface area contributed by atoms with Crippen molar-refractivity contribution in [1.82, 2.24) is 14.9 Å². The smallest absolute Gasteiger partial charge is 0.255 e. The molecule has 0 aromatic carbocycles. The summed E-state index contributed by atoms with van der Waals surface area (Å²) in [4.78, 5) is 21.9. The first-order valence-electron chi connectivity index (χ1n) is 6.22. The molecule has 2 rings (SSSR count). The van der Waals surface area contributed by atoms with Gasteiger partial charge in [0.05, 0.1) is 5.56 Å². The Kier molecular flexibility index (Phi) is 4.40. The van der Waals surface area contributed by atoms with Gasteiger partial charge in [-0.15, -0.1) is 0 Å². The van der Waals surface area contributed by atoms with Gasteiger partial charge in [0.25, 0.3) is 5.91 Å². The average Bonchev–Trinajstić information content (AvgIpc) is 2.53. The Bertz CT molecular complexity index is 617.